The van der Waals surface area contributed by atoms with Gasteiger partial charge in [-0.3, -0.25) is 9.59 Å². The molecule has 0 radical (unpaired) electrons. The van der Waals surface area contributed by atoms with Crippen LogP contribution in [0.25, 0.3) is 0 Å². The van der Waals surface area contributed by atoms with Crippen LogP contribution in [0.3, 0.4) is 0 Å². The molecule has 2 rings (SSSR count). The molecule has 0 aromatic heterocycles. The normalized spacial score (nSPS) is 11.0. The van der Waals surface area contributed by atoms with Crippen LogP contribution >= 0.6 is 0 Å². The van der Waals surface area contributed by atoms with Crippen molar-refractivity contribution in [3.8, 4) is 0 Å². The zero-order valence-electron chi connectivity index (χ0n) is 10.6. The third-order valence-corrected chi connectivity index (χ3v) is 2.71. The maximum atomic E-state index is 12.4. The average molecular weight is 293 g/mol. The van der Waals surface area contributed by atoms with Gasteiger partial charge in [0.1, 0.15) is 0 Å². The fourth-order valence-electron chi connectivity index (χ4n) is 1.65. The van der Waals surface area contributed by atoms with E-state index in [4.69, 9.17) is 0 Å². The van der Waals surface area contributed by atoms with Gasteiger partial charge in [-0.2, -0.15) is 13.2 Å². The van der Waals surface area contributed by atoms with Crippen LogP contribution in [-0.2, 0) is 11.0 Å². The standard InChI is InChI=1S/C15H10F3NO2/c16-15(17,18)11-8-6-10(7-9-11)13(20)14(21)19-12-4-2-1-3-5-12/h1-9H,(H,19,21). The lowest BCUT2D eigenvalue weighted by molar-refractivity contribution is -0.137. The molecule has 0 saturated carbocycles. The molecule has 0 saturated heterocycles. The highest BCUT2D eigenvalue weighted by Gasteiger charge is 2.30. The Bertz CT molecular complexity index is 649. The fourth-order valence-corrected chi connectivity index (χ4v) is 1.65. The molecule has 0 aliphatic heterocycles. The van der Waals surface area contributed by atoms with Gasteiger partial charge in [-0.15, -0.1) is 0 Å². The first-order valence-corrected chi connectivity index (χ1v) is 5.96. The van der Waals surface area contributed by atoms with Crippen molar-refractivity contribution in [1.29, 1.82) is 0 Å². The first kappa shape index (κ1) is 14.8. The summed E-state index contributed by atoms with van der Waals surface area (Å²) in [5.74, 6) is -1.80. The number of hydrogen-bond donors (Lipinski definition) is 1. The number of para-hydroxylation sites is 1. The molecule has 0 unspecified atom stereocenters. The second kappa shape index (κ2) is 5.78. The minimum absolute atomic E-state index is 0.101. The average Bonchev–Trinajstić information content (AvgIpc) is 2.46. The van der Waals surface area contributed by atoms with Gasteiger partial charge in [-0.1, -0.05) is 30.3 Å². The molecule has 0 spiro atoms. The van der Waals surface area contributed by atoms with Crippen LogP contribution in [0.1, 0.15) is 15.9 Å². The number of carbonyl (C=O) groups excluding carboxylic acids is 2. The van der Waals surface area contributed by atoms with Crippen LogP contribution in [0.5, 0.6) is 0 Å². The molecule has 3 nitrogen and oxygen atoms in total. The highest BCUT2D eigenvalue weighted by molar-refractivity contribution is 6.46. The van der Waals surface area contributed by atoms with Crippen molar-refractivity contribution in [2.24, 2.45) is 0 Å². The van der Waals surface area contributed by atoms with E-state index >= 15 is 0 Å². The second-order valence-corrected chi connectivity index (χ2v) is 4.22. The van der Waals surface area contributed by atoms with Crippen LogP contribution < -0.4 is 5.32 Å². The highest BCUT2D eigenvalue weighted by Crippen LogP contribution is 2.29. The SMILES string of the molecule is O=C(Nc1ccccc1)C(=O)c1ccc(C(F)(F)F)cc1. The van der Waals surface area contributed by atoms with Crippen molar-refractivity contribution in [1.82, 2.24) is 0 Å². The Hall–Kier alpha value is -2.63. The van der Waals surface area contributed by atoms with E-state index in [-0.39, 0.29) is 5.56 Å². The topological polar surface area (TPSA) is 46.2 Å². The monoisotopic (exact) mass is 293 g/mol. The number of anilines is 1. The molecule has 6 heteroatoms. The number of hydrogen-bond acceptors (Lipinski definition) is 2. The largest absolute Gasteiger partial charge is 0.416 e. The summed E-state index contributed by atoms with van der Waals surface area (Å²) in [7, 11) is 0. The number of ketones is 1. The summed E-state index contributed by atoms with van der Waals surface area (Å²) in [6.07, 6.45) is -4.48. The van der Waals surface area contributed by atoms with Crippen molar-refractivity contribution in [3.05, 3.63) is 65.7 Å². The van der Waals surface area contributed by atoms with Crippen LogP contribution in [-0.4, -0.2) is 11.7 Å². The Balaban J connectivity index is 2.11. The third-order valence-electron chi connectivity index (χ3n) is 2.71. The number of Topliss-reactive ketones (excluding diaryl/α,β-unsaturated/α-hetero) is 1. The molecule has 0 atom stereocenters. The zero-order valence-corrected chi connectivity index (χ0v) is 10.6. The minimum Gasteiger partial charge on any atom is -0.319 e. The van der Waals surface area contributed by atoms with E-state index in [9.17, 15) is 22.8 Å². The lowest BCUT2D eigenvalue weighted by Gasteiger charge is -2.07. The molecule has 0 fully saturated rings. The van der Waals surface area contributed by atoms with Gasteiger partial charge in [-0.25, -0.2) is 0 Å². The Morgan fingerprint density at radius 2 is 1.43 bits per heavy atom. The van der Waals surface area contributed by atoms with Gasteiger partial charge in [0.2, 0.25) is 0 Å². The summed E-state index contributed by atoms with van der Waals surface area (Å²) >= 11 is 0. The lowest BCUT2D eigenvalue weighted by Crippen LogP contribution is -2.22. The van der Waals surface area contributed by atoms with Gasteiger partial charge in [0.05, 0.1) is 5.56 Å². The number of rotatable bonds is 3. The van der Waals surface area contributed by atoms with Crippen LogP contribution in [0.15, 0.2) is 54.6 Å². The maximum Gasteiger partial charge on any atom is 0.416 e. The Morgan fingerprint density at radius 1 is 0.857 bits per heavy atom. The quantitative estimate of drug-likeness (QED) is 0.695. The summed E-state index contributed by atoms with van der Waals surface area (Å²) in [5.41, 5.74) is -0.540. The number of nitrogens with one attached hydrogen (secondary N) is 1. The summed E-state index contributed by atoms with van der Waals surface area (Å²) in [6, 6.07) is 11.8. The van der Waals surface area contributed by atoms with E-state index in [0.29, 0.717) is 5.69 Å². The van der Waals surface area contributed by atoms with Crippen LogP contribution in [0.4, 0.5) is 18.9 Å². The van der Waals surface area contributed by atoms with Gasteiger partial charge < -0.3 is 5.32 Å². The summed E-state index contributed by atoms with van der Waals surface area (Å²) in [5, 5.41) is 2.37. The third kappa shape index (κ3) is 3.68. The summed E-state index contributed by atoms with van der Waals surface area (Å²) < 4.78 is 37.2. The second-order valence-electron chi connectivity index (χ2n) is 4.22. The van der Waals surface area contributed by atoms with Crippen LogP contribution in [0, 0.1) is 0 Å². The number of carbonyl (C=O) groups is 2. The van der Waals surface area contributed by atoms with Gasteiger partial charge in [0, 0.05) is 11.3 Å². The smallest absolute Gasteiger partial charge is 0.319 e. The van der Waals surface area contributed by atoms with Crippen molar-refractivity contribution in [2.75, 3.05) is 5.32 Å². The summed E-state index contributed by atoms with van der Waals surface area (Å²) in [6.45, 7) is 0. The van der Waals surface area contributed by atoms with Crippen LogP contribution in [0.2, 0.25) is 0 Å². The molecule has 0 aliphatic rings. The zero-order chi connectivity index (χ0) is 15.5. The molecule has 21 heavy (non-hydrogen) atoms. The number of alkyl halides is 3. The Kier molecular flexibility index (Phi) is 4.07. The molecule has 2 aromatic carbocycles. The van der Waals surface area contributed by atoms with E-state index in [1.807, 2.05) is 0 Å². The van der Waals surface area contributed by atoms with Crippen molar-refractivity contribution < 1.29 is 22.8 Å². The molecule has 0 heterocycles. The predicted octanol–water partition coefficient (Wildman–Crippen LogP) is 3.53. The van der Waals surface area contributed by atoms with E-state index in [2.05, 4.69) is 5.32 Å². The molecule has 0 aliphatic carbocycles. The van der Waals surface area contributed by atoms with E-state index in [1.165, 1.54) is 0 Å². The van der Waals surface area contributed by atoms with Crippen molar-refractivity contribution in [2.45, 2.75) is 6.18 Å². The van der Waals surface area contributed by atoms with Gasteiger partial charge >= 0.3 is 6.18 Å². The highest BCUT2D eigenvalue weighted by atomic mass is 19.4. The number of benzene rings is 2. The predicted molar refractivity (Wildman–Crippen MR) is 70.8 cm³/mol. The fraction of sp³-hybridized carbons (Fsp3) is 0.0667. The van der Waals surface area contributed by atoms with E-state index in [0.717, 1.165) is 24.3 Å². The number of amides is 1. The minimum atomic E-state index is -4.48. The maximum absolute atomic E-state index is 12.4. The molecule has 108 valence electrons. The molecule has 1 amide bonds. The molecular weight excluding hydrogens is 283 g/mol. The Morgan fingerprint density at radius 3 is 1.95 bits per heavy atom. The van der Waals surface area contributed by atoms with Gasteiger partial charge in [0.15, 0.2) is 0 Å². The van der Waals surface area contributed by atoms with Crippen molar-refractivity contribution >= 4 is 17.4 Å². The van der Waals surface area contributed by atoms with E-state index in [1.54, 1.807) is 30.3 Å². The van der Waals surface area contributed by atoms with E-state index < -0.39 is 23.4 Å². The molecule has 0 bridgehead atoms. The Labute approximate surface area is 118 Å². The first-order chi connectivity index (χ1) is 9.88. The first-order valence-electron chi connectivity index (χ1n) is 5.96. The van der Waals surface area contributed by atoms with Gasteiger partial charge in [-0.05, 0) is 24.3 Å². The number of halogens is 3. The molecule has 2 aromatic rings. The summed E-state index contributed by atoms with van der Waals surface area (Å²) in [4.78, 5) is 23.5. The van der Waals surface area contributed by atoms with Gasteiger partial charge in [0.25, 0.3) is 11.7 Å². The molecule has 1 N–H and O–H groups in total. The molecular formula is C15H10F3NO2. The lowest BCUT2D eigenvalue weighted by atomic mass is 10.1. The van der Waals surface area contributed by atoms with Crippen molar-refractivity contribution in [3.63, 3.8) is 0 Å².